The molecule has 0 saturated carbocycles. The van der Waals surface area contributed by atoms with Crippen LogP contribution in [0.3, 0.4) is 0 Å². The van der Waals surface area contributed by atoms with Crippen molar-refractivity contribution >= 4 is 11.9 Å². The maximum atomic E-state index is 12.8. The third kappa shape index (κ3) is 2.93. The van der Waals surface area contributed by atoms with Gasteiger partial charge in [0.2, 0.25) is 5.95 Å². The highest BCUT2D eigenvalue weighted by molar-refractivity contribution is 6.01. The minimum atomic E-state index is -0.0549. The van der Waals surface area contributed by atoms with Gasteiger partial charge in [-0.15, -0.1) is 0 Å². The molecule has 0 saturated heterocycles. The van der Waals surface area contributed by atoms with Crippen molar-refractivity contribution in [1.82, 2.24) is 14.9 Å². The Kier molecular flexibility index (Phi) is 4.75. The molecule has 1 aromatic carbocycles. The zero-order valence-corrected chi connectivity index (χ0v) is 13.6. The lowest BCUT2D eigenvalue weighted by atomic mass is 9.99. The first-order chi connectivity index (χ1) is 10.5. The van der Waals surface area contributed by atoms with Crippen molar-refractivity contribution in [3.63, 3.8) is 0 Å². The summed E-state index contributed by atoms with van der Waals surface area (Å²) in [6.07, 6.45) is 0. The maximum Gasteiger partial charge on any atom is 0.257 e. The van der Waals surface area contributed by atoms with E-state index in [1.54, 1.807) is 11.8 Å². The molecule has 2 N–H and O–H groups in total. The topological polar surface area (TPSA) is 72.1 Å². The molecule has 1 heterocycles. The molecule has 0 fully saturated rings. The Morgan fingerprint density at radius 2 is 1.77 bits per heavy atom. The van der Waals surface area contributed by atoms with Gasteiger partial charge in [0, 0.05) is 18.7 Å². The van der Waals surface area contributed by atoms with Crippen LogP contribution in [-0.4, -0.2) is 33.9 Å². The molecule has 0 unspecified atom stereocenters. The Hall–Kier alpha value is -2.43. The Labute approximate surface area is 131 Å². The largest absolute Gasteiger partial charge is 0.368 e. The Bertz CT molecular complexity index is 693. The van der Waals surface area contributed by atoms with Crippen molar-refractivity contribution in [2.45, 2.75) is 27.7 Å². The molecule has 0 aliphatic carbocycles. The second kappa shape index (κ2) is 6.56. The van der Waals surface area contributed by atoms with Gasteiger partial charge in [-0.05, 0) is 33.3 Å². The van der Waals surface area contributed by atoms with Crippen LogP contribution in [0.4, 0.5) is 5.95 Å². The van der Waals surface area contributed by atoms with E-state index in [1.165, 1.54) is 0 Å². The number of rotatable bonds is 4. The van der Waals surface area contributed by atoms with Crippen molar-refractivity contribution in [2.24, 2.45) is 0 Å². The number of hydrogen-bond donors (Lipinski definition) is 1. The summed E-state index contributed by atoms with van der Waals surface area (Å²) < 4.78 is 0. The quantitative estimate of drug-likeness (QED) is 0.942. The predicted molar refractivity (Wildman–Crippen MR) is 88.6 cm³/mol. The molecule has 1 aromatic heterocycles. The zero-order valence-electron chi connectivity index (χ0n) is 13.6. The lowest BCUT2D eigenvalue weighted by molar-refractivity contribution is 0.0772. The van der Waals surface area contributed by atoms with Gasteiger partial charge >= 0.3 is 0 Å². The fourth-order valence-corrected chi connectivity index (χ4v) is 2.55. The Morgan fingerprint density at radius 1 is 1.14 bits per heavy atom. The van der Waals surface area contributed by atoms with Crippen LogP contribution in [0.2, 0.25) is 0 Å². The van der Waals surface area contributed by atoms with E-state index in [0.717, 1.165) is 11.1 Å². The third-order valence-corrected chi connectivity index (χ3v) is 3.77. The molecule has 0 radical (unpaired) electrons. The molecule has 2 aromatic rings. The number of aryl methyl sites for hydroxylation is 2. The van der Waals surface area contributed by atoms with Gasteiger partial charge in [0.25, 0.3) is 5.91 Å². The molecule has 5 nitrogen and oxygen atoms in total. The van der Waals surface area contributed by atoms with Gasteiger partial charge in [0.05, 0.1) is 17.0 Å². The highest BCUT2D eigenvalue weighted by atomic mass is 16.2. The monoisotopic (exact) mass is 298 g/mol. The van der Waals surface area contributed by atoms with E-state index in [2.05, 4.69) is 9.97 Å². The smallest absolute Gasteiger partial charge is 0.257 e. The summed E-state index contributed by atoms with van der Waals surface area (Å²) in [4.78, 5) is 23.2. The average molecular weight is 298 g/mol. The third-order valence-electron chi connectivity index (χ3n) is 3.77. The van der Waals surface area contributed by atoms with Crippen molar-refractivity contribution in [1.29, 1.82) is 0 Å². The standard InChI is InChI=1S/C17H22N4O/c1-5-21(6-2)16(22)14-12(4)19-17(18)20-15(14)13-10-8-7-9-11(13)3/h7-10H,5-6H2,1-4H3,(H2,18,19,20). The van der Waals surface area contributed by atoms with Gasteiger partial charge in [-0.1, -0.05) is 24.3 Å². The Balaban J connectivity index is 2.69. The fraction of sp³-hybridized carbons (Fsp3) is 0.353. The second-order valence-corrected chi connectivity index (χ2v) is 5.18. The number of anilines is 1. The molecule has 0 aliphatic heterocycles. The number of nitrogens with two attached hydrogens (primary N) is 1. The van der Waals surface area contributed by atoms with E-state index >= 15 is 0 Å². The molecular weight excluding hydrogens is 276 g/mol. The van der Waals surface area contributed by atoms with Gasteiger partial charge in [0.15, 0.2) is 0 Å². The van der Waals surface area contributed by atoms with E-state index in [0.29, 0.717) is 30.0 Å². The van der Waals surface area contributed by atoms with Crippen LogP contribution in [0.5, 0.6) is 0 Å². The van der Waals surface area contributed by atoms with Gasteiger partial charge in [-0.25, -0.2) is 9.97 Å². The number of benzene rings is 1. The molecule has 116 valence electrons. The molecule has 5 heteroatoms. The van der Waals surface area contributed by atoms with Crippen LogP contribution in [0.1, 0.15) is 35.5 Å². The van der Waals surface area contributed by atoms with Crippen LogP contribution < -0.4 is 5.73 Å². The summed E-state index contributed by atoms with van der Waals surface area (Å²) in [5.41, 5.74) is 9.53. The first-order valence-electron chi connectivity index (χ1n) is 7.48. The fourth-order valence-electron chi connectivity index (χ4n) is 2.55. The maximum absolute atomic E-state index is 12.8. The van der Waals surface area contributed by atoms with Gasteiger partial charge in [-0.3, -0.25) is 4.79 Å². The molecular formula is C17H22N4O. The number of nitrogen functional groups attached to an aromatic ring is 1. The molecule has 0 atom stereocenters. The minimum Gasteiger partial charge on any atom is -0.368 e. The van der Waals surface area contributed by atoms with Gasteiger partial charge in [0.1, 0.15) is 0 Å². The van der Waals surface area contributed by atoms with Gasteiger partial charge in [-0.2, -0.15) is 0 Å². The minimum absolute atomic E-state index is 0.0549. The molecule has 1 amide bonds. The lowest BCUT2D eigenvalue weighted by Crippen LogP contribution is -2.32. The number of carbonyl (C=O) groups excluding carboxylic acids is 1. The van der Waals surface area contributed by atoms with Crippen LogP contribution in [0, 0.1) is 13.8 Å². The Morgan fingerprint density at radius 3 is 2.36 bits per heavy atom. The van der Waals surface area contributed by atoms with E-state index in [-0.39, 0.29) is 11.9 Å². The van der Waals surface area contributed by atoms with E-state index in [1.807, 2.05) is 45.0 Å². The summed E-state index contributed by atoms with van der Waals surface area (Å²) in [5.74, 6) is 0.132. The summed E-state index contributed by atoms with van der Waals surface area (Å²) in [7, 11) is 0. The van der Waals surface area contributed by atoms with Gasteiger partial charge < -0.3 is 10.6 Å². The molecule has 0 spiro atoms. The normalized spacial score (nSPS) is 10.5. The summed E-state index contributed by atoms with van der Waals surface area (Å²) in [5, 5.41) is 0. The summed E-state index contributed by atoms with van der Waals surface area (Å²) in [6.45, 7) is 9.01. The number of amides is 1. The van der Waals surface area contributed by atoms with Crippen LogP contribution in [0.15, 0.2) is 24.3 Å². The summed E-state index contributed by atoms with van der Waals surface area (Å²) in [6, 6.07) is 7.84. The van der Waals surface area contributed by atoms with Crippen LogP contribution in [0.25, 0.3) is 11.3 Å². The predicted octanol–water partition coefficient (Wildman–Crippen LogP) is 2.82. The van der Waals surface area contributed by atoms with Crippen molar-refractivity contribution < 1.29 is 4.79 Å². The highest BCUT2D eigenvalue weighted by Crippen LogP contribution is 2.28. The van der Waals surface area contributed by atoms with E-state index < -0.39 is 0 Å². The zero-order chi connectivity index (χ0) is 16.3. The number of hydrogen-bond acceptors (Lipinski definition) is 4. The summed E-state index contributed by atoms with van der Waals surface area (Å²) >= 11 is 0. The van der Waals surface area contributed by atoms with Crippen molar-refractivity contribution in [3.8, 4) is 11.3 Å². The highest BCUT2D eigenvalue weighted by Gasteiger charge is 2.23. The lowest BCUT2D eigenvalue weighted by Gasteiger charge is -2.21. The van der Waals surface area contributed by atoms with E-state index in [9.17, 15) is 4.79 Å². The van der Waals surface area contributed by atoms with E-state index in [4.69, 9.17) is 5.73 Å². The first-order valence-corrected chi connectivity index (χ1v) is 7.48. The molecule has 22 heavy (non-hydrogen) atoms. The van der Waals surface area contributed by atoms with Crippen molar-refractivity contribution in [3.05, 3.63) is 41.1 Å². The average Bonchev–Trinajstić information content (AvgIpc) is 2.48. The number of carbonyl (C=O) groups is 1. The second-order valence-electron chi connectivity index (χ2n) is 5.18. The van der Waals surface area contributed by atoms with Crippen LogP contribution in [-0.2, 0) is 0 Å². The van der Waals surface area contributed by atoms with Crippen molar-refractivity contribution in [2.75, 3.05) is 18.8 Å². The first kappa shape index (κ1) is 15.9. The molecule has 2 rings (SSSR count). The number of nitrogens with zero attached hydrogens (tertiary/aromatic N) is 3. The number of aromatic nitrogens is 2. The van der Waals surface area contributed by atoms with Crippen LogP contribution >= 0.6 is 0 Å². The molecule has 0 aliphatic rings. The SMILES string of the molecule is CCN(CC)C(=O)c1c(C)nc(N)nc1-c1ccccc1C. The molecule has 0 bridgehead atoms.